The van der Waals surface area contributed by atoms with E-state index in [9.17, 15) is 8.42 Å². The molecular weight excluding hydrogens is 290 g/mol. The summed E-state index contributed by atoms with van der Waals surface area (Å²) in [5, 5.41) is 0.386. The lowest BCUT2D eigenvalue weighted by molar-refractivity contribution is -0.145. The Labute approximate surface area is 117 Å². The molecule has 1 fully saturated rings. The summed E-state index contributed by atoms with van der Waals surface area (Å²) in [4.78, 5) is 0.151. The average molecular weight is 306 g/mol. The monoisotopic (exact) mass is 305 g/mol. The number of sulfonamides is 1. The molecule has 0 saturated carbocycles. The molecule has 1 aliphatic rings. The maximum absolute atomic E-state index is 12.0. The Morgan fingerprint density at radius 2 is 2.05 bits per heavy atom. The van der Waals surface area contributed by atoms with Crippen LogP contribution >= 0.6 is 11.6 Å². The molecule has 1 heterocycles. The molecule has 19 heavy (non-hydrogen) atoms. The lowest BCUT2D eigenvalue weighted by Gasteiger charge is -2.22. The first-order valence-electron chi connectivity index (χ1n) is 5.94. The van der Waals surface area contributed by atoms with Gasteiger partial charge in [-0.25, -0.2) is 13.1 Å². The zero-order chi connectivity index (χ0) is 13.9. The van der Waals surface area contributed by atoms with Gasteiger partial charge in [-0.3, -0.25) is 0 Å². The SMILES string of the molecule is CC1(CCNS(=O)(=O)c2cccc(Cl)c2)OCCO1. The maximum atomic E-state index is 12.0. The van der Waals surface area contributed by atoms with Gasteiger partial charge in [0.05, 0.1) is 18.1 Å². The zero-order valence-corrected chi connectivity index (χ0v) is 12.1. The van der Waals surface area contributed by atoms with E-state index >= 15 is 0 Å². The second-order valence-corrected chi connectivity index (χ2v) is 6.64. The lowest BCUT2D eigenvalue weighted by Crippen LogP contribution is -2.33. The van der Waals surface area contributed by atoms with Crippen molar-refractivity contribution in [3.05, 3.63) is 29.3 Å². The summed E-state index contributed by atoms with van der Waals surface area (Å²) in [6.07, 6.45) is 0.451. The molecular formula is C12H16ClNO4S. The fourth-order valence-electron chi connectivity index (χ4n) is 1.83. The van der Waals surface area contributed by atoms with Crippen molar-refractivity contribution in [2.75, 3.05) is 19.8 Å². The molecule has 1 aromatic rings. The summed E-state index contributed by atoms with van der Waals surface area (Å²) >= 11 is 5.78. The van der Waals surface area contributed by atoms with Crippen molar-refractivity contribution < 1.29 is 17.9 Å². The quantitative estimate of drug-likeness (QED) is 0.900. The molecule has 106 valence electrons. The van der Waals surface area contributed by atoms with Crippen LogP contribution in [0.15, 0.2) is 29.2 Å². The summed E-state index contributed by atoms with van der Waals surface area (Å²) in [7, 11) is -3.55. The highest BCUT2D eigenvalue weighted by atomic mass is 35.5. The van der Waals surface area contributed by atoms with Crippen LogP contribution in [-0.2, 0) is 19.5 Å². The normalized spacial score (nSPS) is 18.6. The predicted molar refractivity (Wildman–Crippen MR) is 71.6 cm³/mol. The zero-order valence-electron chi connectivity index (χ0n) is 10.6. The van der Waals surface area contributed by atoms with E-state index in [0.29, 0.717) is 24.7 Å². The highest BCUT2D eigenvalue weighted by molar-refractivity contribution is 7.89. The van der Waals surface area contributed by atoms with Crippen molar-refractivity contribution in [1.29, 1.82) is 0 Å². The molecule has 1 saturated heterocycles. The molecule has 0 amide bonds. The van der Waals surface area contributed by atoms with Gasteiger partial charge < -0.3 is 9.47 Å². The number of halogens is 1. The van der Waals surface area contributed by atoms with Crippen LogP contribution in [0.25, 0.3) is 0 Å². The van der Waals surface area contributed by atoms with E-state index in [1.807, 2.05) is 0 Å². The summed E-state index contributed by atoms with van der Waals surface area (Å²) in [6, 6.07) is 6.13. The molecule has 1 aromatic carbocycles. The van der Waals surface area contributed by atoms with Gasteiger partial charge in [0.15, 0.2) is 5.79 Å². The first kappa shape index (κ1) is 14.7. The smallest absolute Gasteiger partial charge is 0.240 e. The molecule has 5 nitrogen and oxygen atoms in total. The van der Waals surface area contributed by atoms with Gasteiger partial charge in [0, 0.05) is 18.0 Å². The predicted octanol–water partition coefficient (Wildman–Crippen LogP) is 1.77. The van der Waals surface area contributed by atoms with Gasteiger partial charge in [-0.1, -0.05) is 17.7 Å². The second-order valence-electron chi connectivity index (χ2n) is 4.44. The van der Waals surface area contributed by atoms with E-state index in [0.717, 1.165) is 0 Å². The van der Waals surface area contributed by atoms with Crippen molar-refractivity contribution in [1.82, 2.24) is 4.72 Å². The summed E-state index contributed by atoms with van der Waals surface area (Å²) in [5.41, 5.74) is 0. The molecule has 0 aliphatic carbocycles. The van der Waals surface area contributed by atoms with E-state index < -0.39 is 15.8 Å². The fraction of sp³-hybridized carbons (Fsp3) is 0.500. The van der Waals surface area contributed by atoms with Gasteiger partial charge >= 0.3 is 0 Å². The van der Waals surface area contributed by atoms with Crippen LogP contribution in [-0.4, -0.2) is 34.0 Å². The van der Waals surface area contributed by atoms with Crippen molar-refractivity contribution in [2.45, 2.75) is 24.0 Å². The summed E-state index contributed by atoms with van der Waals surface area (Å²) in [5.74, 6) is -0.698. The van der Waals surface area contributed by atoms with Crippen LogP contribution in [0.5, 0.6) is 0 Å². The number of nitrogens with one attached hydrogen (secondary N) is 1. The molecule has 1 aliphatic heterocycles. The summed E-state index contributed by atoms with van der Waals surface area (Å²) in [6.45, 7) is 3.12. The van der Waals surface area contributed by atoms with E-state index in [4.69, 9.17) is 21.1 Å². The molecule has 0 aromatic heterocycles. The topological polar surface area (TPSA) is 64.6 Å². The van der Waals surface area contributed by atoms with Gasteiger partial charge in [-0.05, 0) is 25.1 Å². The van der Waals surface area contributed by atoms with Gasteiger partial charge in [-0.15, -0.1) is 0 Å². The molecule has 0 atom stereocenters. The van der Waals surface area contributed by atoms with E-state index in [1.165, 1.54) is 12.1 Å². The van der Waals surface area contributed by atoms with Crippen LogP contribution < -0.4 is 4.72 Å². The first-order chi connectivity index (χ1) is 8.91. The largest absolute Gasteiger partial charge is 0.348 e. The minimum absolute atomic E-state index is 0.151. The molecule has 1 N–H and O–H groups in total. The Kier molecular flexibility index (Phi) is 4.47. The molecule has 0 unspecified atom stereocenters. The van der Waals surface area contributed by atoms with Gasteiger partial charge in [-0.2, -0.15) is 0 Å². The van der Waals surface area contributed by atoms with Crippen molar-refractivity contribution in [2.24, 2.45) is 0 Å². The number of ether oxygens (including phenoxy) is 2. The van der Waals surface area contributed by atoms with Crippen LogP contribution in [0.4, 0.5) is 0 Å². The van der Waals surface area contributed by atoms with Crippen LogP contribution in [0.3, 0.4) is 0 Å². The average Bonchev–Trinajstić information content (AvgIpc) is 2.76. The van der Waals surface area contributed by atoms with Crippen molar-refractivity contribution in [3.8, 4) is 0 Å². The standard InChI is InChI=1S/C12H16ClNO4S/c1-12(17-7-8-18-12)5-6-14-19(15,16)11-4-2-3-10(13)9-11/h2-4,9,14H,5-8H2,1H3. The van der Waals surface area contributed by atoms with E-state index in [-0.39, 0.29) is 11.4 Å². The lowest BCUT2D eigenvalue weighted by atomic mass is 10.2. The number of hydrogen-bond acceptors (Lipinski definition) is 4. The van der Waals surface area contributed by atoms with Crippen LogP contribution in [0.2, 0.25) is 5.02 Å². The fourth-order valence-corrected chi connectivity index (χ4v) is 3.16. The third-order valence-electron chi connectivity index (χ3n) is 2.88. The maximum Gasteiger partial charge on any atom is 0.240 e. The van der Waals surface area contributed by atoms with Gasteiger partial charge in [0.25, 0.3) is 0 Å². The number of rotatable bonds is 5. The van der Waals surface area contributed by atoms with Crippen LogP contribution in [0.1, 0.15) is 13.3 Å². The third-order valence-corrected chi connectivity index (χ3v) is 4.57. The van der Waals surface area contributed by atoms with E-state index in [1.54, 1.807) is 19.1 Å². The highest BCUT2D eigenvalue weighted by Gasteiger charge is 2.30. The third kappa shape index (κ3) is 3.90. The minimum Gasteiger partial charge on any atom is -0.348 e. The number of hydrogen-bond donors (Lipinski definition) is 1. The molecule has 0 bridgehead atoms. The van der Waals surface area contributed by atoms with Gasteiger partial charge in [0.2, 0.25) is 10.0 Å². The number of benzene rings is 1. The molecule has 2 rings (SSSR count). The Morgan fingerprint density at radius 1 is 1.37 bits per heavy atom. The van der Waals surface area contributed by atoms with Crippen molar-refractivity contribution >= 4 is 21.6 Å². The Morgan fingerprint density at radius 3 is 2.68 bits per heavy atom. The first-order valence-corrected chi connectivity index (χ1v) is 7.81. The highest BCUT2D eigenvalue weighted by Crippen LogP contribution is 2.22. The Bertz CT molecular complexity index is 540. The van der Waals surface area contributed by atoms with E-state index in [2.05, 4.69) is 4.72 Å². The molecule has 0 spiro atoms. The Balaban J connectivity index is 1.95. The second kappa shape index (κ2) is 5.76. The minimum atomic E-state index is -3.55. The van der Waals surface area contributed by atoms with Crippen LogP contribution in [0, 0.1) is 0 Å². The molecule has 7 heteroatoms. The van der Waals surface area contributed by atoms with Gasteiger partial charge in [0.1, 0.15) is 0 Å². The van der Waals surface area contributed by atoms with Crippen molar-refractivity contribution in [3.63, 3.8) is 0 Å². The Hall–Kier alpha value is -0.660. The summed E-state index contributed by atoms with van der Waals surface area (Å²) < 4.78 is 37.3. The molecule has 0 radical (unpaired) electrons.